The number of hydrogen-bond donors (Lipinski definition) is 2. The van der Waals surface area contributed by atoms with Gasteiger partial charge < -0.3 is 14.7 Å². The molecule has 0 unspecified atom stereocenters. The molecule has 0 saturated heterocycles. The van der Waals surface area contributed by atoms with Crippen LogP contribution in [0, 0.1) is 6.92 Å². The molecule has 3 aromatic carbocycles. The van der Waals surface area contributed by atoms with E-state index in [0.717, 1.165) is 16.4 Å². The van der Waals surface area contributed by atoms with Crippen LogP contribution in [0.3, 0.4) is 0 Å². The number of phenols is 2. The van der Waals surface area contributed by atoms with Gasteiger partial charge in [-0.15, -0.1) is 0 Å². The molecule has 0 aliphatic rings. The van der Waals surface area contributed by atoms with Gasteiger partial charge >= 0.3 is 0 Å². The van der Waals surface area contributed by atoms with E-state index < -0.39 is 8.15 Å². The third-order valence-electron chi connectivity index (χ3n) is 3.39. The SMILES string of the molecule is Cc1ccc(OP(c2ccc(O)cc2)c2ccc(O)cc2)cc1. The average Bonchev–Trinajstić information content (AvgIpc) is 2.56. The predicted octanol–water partition coefficient (Wildman–Crippen LogP) is 3.83. The van der Waals surface area contributed by atoms with Crippen molar-refractivity contribution in [2.24, 2.45) is 0 Å². The smallest absolute Gasteiger partial charge is 0.150 e. The average molecular weight is 324 g/mol. The molecule has 0 spiro atoms. The topological polar surface area (TPSA) is 49.7 Å². The second-order valence-electron chi connectivity index (χ2n) is 5.23. The molecule has 0 saturated carbocycles. The Morgan fingerprint density at radius 1 is 0.652 bits per heavy atom. The minimum Gasteiger partial charge on any atom is -0.508 e. The lowest BCUT2D eigenvalue weighted by atomic mass is 10.2. The maximum Gasteiger partial charge on any atom is 0.150 e. The van der Waals surface area contributed by atoms with E-state index in [9.17, 15) is 10.2 Å². The van der Waals surface area contributed by atoms with Crippen molar-refractivity contribution < 1.29 is 14.7 Å². The number of aromatic hydroxyl groups is 2. The van der Waals surface area contributed by atoms with Crippen molar-refractivity contribution in [1.82, 2.24) is 0 Å². The van der Waals surface area contributed by atoms with Crippen LogP contribution in [-0.2, 0) is 0 Å². The highest BCUT2D eigenvalue weighted by Gasteiger charge is 2.17. The maximum absolute atomic E-state index is 9.50. The van der Waals surface area contributed by atoms with E-state index in [4.69, 9.17) is 4.52 Å². The number of phenolic OH excluding ortho intramolecular Hbond substituents is 2. The fraction of sp³-hybridized carbons (Fsp3) is 0.0526. The molecule has 0 aromatic heterocycles. The highest BCUT2D eigenvalue weighted by Crippen LogP contribution is 2.37. The van der Waals surface area contributed by atoms with Gasteiger partial charge in [0.15, 0.2) is 8.15 Å². The van der Waals surface area contributed by atoms with Crippen molar-refractivity contribution in [3.8, 4) is 17.2 Å². The van der Waals surface area contributed by atoms with Crippen LogP contribution < -0.4 is 15.1 Å². The van der Waals surface area contributed by atoms with Gasteiger partial charge in [0, 0.05) is 10.6 Å². The summed E-state index contributed by atoms with van der Waals surface area (Å²) in [5.74, 6) is 1.25. The zero-order chi connectivity index (χ0) is 16.2. The largest absolute Gasteiger partial charge is 0.508 e. The van der Waals surface area contributed by atoms with Gasteiger partial charge in [0.2, 0.25) is 0 Å². The lowest BCUT2D eigenvalue weighted by molar-refractivity contribution is 0.475. The fourth-order valence-corrected chi connectivity index (χ4v) is 3.82. The molecule has 3 rings (SSSR count). The molecular formula is C19H17O3P. The molecule has 0 radical (unpaired) electrons. The van der Waals surface area contributed by atoms with E-state index in [2.05, 4.69) is 0 Å². The highest BCUT2D eigenvalue weighted by atomic mass is 31.1. The van der Waals surface area contributed by atoms with E-state index in [-0.39, 0.29) is 11.5 Å². The van der Waals surface area contributed by atoms with Crippen molar-refractivity contribution in [3.63, 3.8) is 0 Å². The van der Waals surface area contributed by atoms with Crippen LogP contribution in [0.25, 0.3) is 0 Å². The third-order valence-corrected chi connectivity index (χ3v) is 5.31. The fourth-order valence-electron chi connectivity index (χ4n) is 2.14. The van der Waals surface area contributed by atoms with Gasteiger partial charge in [-0.05, 0) is 67.6 Å². The third kappa shape index (κ3) is 3.82. The second kappa shape index (κ2) is 6.72. The molecule has 0 heterocycles. The number of hydrogen-bond acceptors (Lipinski definition) is 3. The lowest BCUT2D eigenvalue weighted by Gasteiger charge is -2.19. The lowest BCUT2D eigenvalue weighted by Crippen LogP contribution is -2.15. The monoisotopic (exact) mass is 324 g/mol. The molecule has 0 aliphatic carbocycles. The molecule has 23 heavy (non-hydrogen) atoms. The number of benzene rings is 3. The molecule has 0 atom stereocenters. The summed E-state index contributed by atoms with van der Waals surface area (Å²) in [7, 11) is -1.08. The van der Waals surface area contributed by atoms with Gasteiger partial charge in [-0.3, -0.25) is 0 Å². The van der Waals surface area contributed by atoms with Crippen molar-refractivity contribution in [3.05, 3.63) is 78.4 Å². The Balaban J connectivity index is 1.97. The molecule has 0 aliphatic heterocycles. The van der Waals surface area contributed by atoms with Crippen molar-refractivity contribution in [1.29, 1.82) is 0 Å². The summed E-state index contributed by atoms with van der Waals surface area (Å²) in [5, 5.41) is 21.0. The van der Waals surface area contributed by atoms with Crippen LogP contribution in [0.4, 0.5) is 0 Å². The van der Waals surface area contributed by atoms with E-state index in [1.165, 1.54) is 5.56 Å². The second-order valence-corrected chi connectivity index (χ2v) is 7.04. The first-order chi connectivity index (χ1) is 11.1. The summed E-state index contributed by atoms with van der Waals surface area (Å²) in [4.78, 5) is 0. The minimum atomic E-state index is -1.08. The normalized spacial score (nSPS) is 10.7. The standard InChI is InChI=1S/C19H17O3P/c1-14-2-8-17(9-3-14)22-23(18-10-4-15(20)5-11-18)19-12-6-16(21)7-13-19/h2-13,20-21H,1H3. The quantitative estimate of drug-likeness (QED) is 0.717. The molecule has 3 nitrogen and oxygen atoms in total. The van der Waals surface area contributed by atoms with E-state index in [1.54, 1.807) is 24.3 Å². The van der Waals surface area contributed by atoms with Gasteiger partial charge in [-0.1, -0.05) is 17.7 Å². The van der Waals surface area contributed by atoms with Crippen LogP contribution >= 0.6 is 8.15 Å². The summed E-state index contributed by atoms with van der Waals surface area (Å²) < 4.78 is 6.22. The molecule has 0 amide bonds. The summed E-state index contributed by atoms with van der Waals surface area (Å²) >= 11 is 0. The van der Waals surface area contributed by atoms with Gasteiger partial charge in [-0.25, -0.2) is 0 Å². The molecular weight excluding hydrogens is 307 g/mol. The Kier molecular flexibility index (Phi) is 4.50. The summed E-state index contributed by atoms with van der Waals surface area (Å²) in [6.07, 6.45) is 0. The highest BCUT2D eigenvalue weighted by molar-refractivity contribution is 7.68. The first-order valence-corrected chi connectivity index (χ1v) is 8.50. The van der Waals surface area contributed by atoms with E-state index in [1.807, 2.05) is 55.5 Å². The maximum atomic E-state index is 9.50. The van der Waals surface area contributed by atoms with E-state index >= 15 is 0 Å². The Morgan fingerprint density at radius 3 is 1.52 bits per heavy atom. The minimum absolute atomic E-state index is 0.227. The zero-order valence-corrected chi connectivity index (χ0v) is 13.6. The molecule has 0 fully saturated rings. The van der Waals surface area contributed by atoms with Crippen LogP contribution in [0.15, 0.2) is 72.8 Å². The van der Waals surface area contributed by atoms with Gasteiger partial charge in [0.05, 0.1) is 0 Å². The molecule has 0 bridgehead atoms. The van der Waals surface area contributed by atoms with Crippen molar-refractivity contribution in [2.45, 2.75) is 6.92 Å². The number of aryl methyl sites for hydroxylation is 1. The zero-order valence-electron chi connectivity index (χ0n) is 12.7. The summed E-state index contributed by atoms with van der Waals surface area (Å²) in [5.41, 5.74) is 1.18. The molecule has 2 N–H and O–H groups in total. The van der Waals surface area contributed by atoms with Crippen LogP contribution in [0.2, 0.25) is 0 Å². The first kappa shape index (κ1) is 15.4. The van der Waals surface area contributed by atoms with Crippen molar-refractivity contribution in [2.75, 3.05) is 0 Å². The Morgan fingerprint density at radius 2 is 1.09 bits per heavy atom. The summed E-state index contributed by atoms with van der Waals surface area (Å²) in [6.45, 7) is 2.03. The molecule has 4 heteroatoms. The Bertz CT molecular complexity index is 720. The van der Waals surface area contributed by atoms with Gasteiger partial charge in [0.25, 0.3) is 0 Å². The van der Waals surface area contributed by atoms with Crippen LogP contribution in [0.1, 0.15) is 5.56 Å². The Hall–Kier alpha value is -2.51. The molecule has 116 valence electrons. The first-order valence-electron chi connectivity index (χ1n) is 7.25. The summed E-state index contributed by atoms with van der Waals surface area (Å²) in [6, 6.07) is 22.0. The molecule has 3 aromatic rings. The van der Waals surface area contributed by atoms with Crippen molar-refractivity contribution >= 4 is 18.8 Å². The van der Waals surface area contributed by atoms with Gasteiger partial charge in [0.1, 0.15) is 17.2 Å². The predicted molar refractivity (Wildman–Crippen MR) is 94.2 cm³/mol. The van der Waals surface area contributed by atoms with E-state index in [0.29, 0.717) is 0 Å². The van der Waals surface area contributed by atoms with Crippen LogP contribution in [-0.4, -0.2) is 10.2 Å². The number of rotatable bonds is 4. The van der Waals surface area contributed by atoms with Gasteiger partial charge in [-0.2, -0.15) is 0 Å². The van der Waals surface area contributed by atoms with Crippen LogP contribution in [0.5, 0.6) is 17.2 Å². The Labute approximate surface area is 136 Å².